The average molecular weight is 495 g/mol. The Balaban J connectivity index is 0.00000272. The standard InChI is InChI=1S/C24H24N4OP.BrH/c29-21(11-10-18-28-20-25-26-27-28)19-30(22-12-4-1-5-13-22,23-14-6-2-7-15-23)24-16-8-3-9-17-24;/h1-9,12-17,20H,10-11,18-19H2;1H/q+1;/p-1. The molecule has 0 amide bonds. The molecule has 31 heavy (non-hydrogen) atoms. The number of aryl methyl sites for hydroxylation is 1. The first kappa shape index (κ1) is 23.0. The van der Waals surface area contributed by atoms with Gasteiger partial charge in [-0.1, -0.05) is 54.6 Å². The van der Waals surface area contributed by atoms with Crippen molar-refractivity contribution in [3.8, 4) is 0 Å². The Morgan fingerprint density at radius 1 is 0.774 bits per heavy atom. The number of carbonyl (C=O) groups is 1. The highest BCUT2D eigenvalue weighted by molar-refractivity contribution is 7.96. The van der Waals surface area contributed by atoms with E-state index in [9.17, 15) is 4.79 Å². The number of Topliss-reactive ketones (excluding diaryl/α,β-unsaturated/α-hetero) is 1. The van der Waals surface area contributed by atoms with Crippen LogP contribution in [-0.4, -0.2) is 32.2 Å². The van der Waals surface area contributed by atoms with Crippen LogP contribution >= 0.6 is 7.26 Å². The normalized spacial score (nSPS) is 11.0. The Hall–Kier alpha value is -2.69. The predicted octanol–water partition coefficient (Wildman–Crippen LogP) is 0.0205. The molecule has 0 N–H and O–H groups in total. The quantitative estimate of drug-likeness (QED) is 0.308. The van der Waals surface area contributed by atoms with Crippen molar-refractivity contribution in [2.75, 3.05) is 6.16 Å². The Morgan fingerprint density at radius 2 is 1.26 bits per heavy atom. The maximum absolute atomic E-state index is 13.3. The fourth-order valence-electron chi connectivity index (χ4n) is 3.83. The molecular formula is C24H24BrN4OP. The van der Waals surface area contributed by atoms with Crippen molar-refractivity contribution in [1.29, 1.82) is 0 Å². The van der Waals surface area contributed by atoms with Crippen LogP contribution < -0.4 is 32.9 Å². The Kier molecular flexibility index (Phi) is 8.21. The van der Waals surface area contributed by atoms with Crippen LogP contribution in [-0.2, 0) is 11.3 Å². The lowest BCUT2D eigenvalue weighted by atomic mass is 10.2. The van der Waals surface area contributed by atoms with E-state index in [2.05, 4.69) is 88.3 Å². The smallest absolute Gasteiger partial charge is 0.171 e. The van der Waals surface area contributed by atoms with E-state index in [1.165, 1.54) is 15.9 Å². The van der Waals surface area contributed by atoms with Gasteiger partial charge >= 0.3 is 0 Å². The molecular weight excluding hydrogens is 471 g/mol. The highest BCUT2D eigenvalue weighted by Crippen LogP contribution is 2.55. The molecule has 0 radical (unpaired) electrons. The molecule has 5 nitrogen and oxygen atoms in total. The Bertz CT molecular complexity index is 964. The minimum absolute atomic E-state index is 0. The van der Waals surface area contributed by atoms with Crippen LogP contribution in [0.1, 0.15) is 12.8 Å². The molecule has 0 aliphatic heterocycles. The molecule has 0 bridgehead atoms. The van der Waals surface area contributed by atoms with Gasteiger partial charge in [-0.25, -0.2) is 4.68 Å². The number of hydrogen-bond acceptors (Lipinski definition) is 4. The molecule has 0 atom stereocenters. The van der Waals surface area contributed by atoms with Crippen LogP contribution in [0.3, 0.4) is 0 Å². The van der Waals surface area contributed by atoms with Crippen molar-refractivity contribution in [3.05, 3.63) is 97.3 Å². The third kappa shape index (κ3) is 5.33. The number of nitrogens with zero attached hydrogens (tertiary/aromatic N) is 4. The molecule has 1 aromatic heterocycles. The number of halogens is 1. The van der Waals surface area contributed by atoms with Gasteiger partial charge in [-0.2, -0.15) is 0 Å². The first-order valence-electron chi connectivity index (χ1n) is 10.1. The summed E-state index contributed by atoms with van der Waals surface area (Å²) in [6.07, 6.45) is 3.33. The minimum atomic E-state index is -2.11. The molecule has 4 aromatic rings. The van der Waals surface area contributed by atoms with Gasteiger partial charge in [0.2, 0.25) is 0 Å². The zero-order chi connectivity index (χ0) is 20.7. The summed E-state index contributed by atoms with van der Waals surface area (Å²) < 4.78 is 1.67. The zero-order valence-corrected chi connectivity index (χ0v) is 19.6. The second-order valence-corrected chi connectivity index (χ2v) is 10.7. The first-order chi connectivity index (χ1) is 14.8. The number of tetrazole rings is 1. The van der Waals surface area contributed by atoms with Crippen LogP contribution in [0.4, 0.5) is 0 Å². The number of hydrogen-bond donors (Lipinski definition) is 0. The summed E-state index contributed by atoms with van der Waals surface area (Å²) in [5.41, 5.74) is 0. The second kappa shape index (κ2) is 11.1. The van der Waals surface area contributed by atoms with E-state index in [-0.39, 0.29) is 22.8 Å². The molecule has 158 valence electrons. The maximum Gasteiger partial charge on any atom is 0.171 e. The van der Waals surface area contributed by atoms with E-state index in [0.29, 0.717) is 19.1 Å². The summed E-state index contributed by atoms with van der Waals surface area (Å²) in [7, 11) is -2.11. The van der Waals surface area contributed by atoms with Crippen LogP contribution in [0.15, 0.2) is 97.3 Å². The Labute approximate surface area is 193 Å². The van der Waals surface area contributed by atoms with E-state index in [1.807, 2.05) is 18.2 Å². The monoisotopic (exact) mass is 494 g/mol. The first-order valence-corrected chi connectivity index (χ1v) is 12.0. The van der Waals surface area contributed by atoms with Gasteiger partial charge in [0.05, 0.1) is 0 Å². The van der Waals surface area contributed by atoms with Gasteiger partial charge in [-0.05, 0) is 53.2 Å². The Morgan fingerprint density at radius 3 is 1.68 bits per heavy atom. The van der Waals surface area contributed by atoms with Crippen LogP contribution in [0.25, 0.3) is 0 Å². The van der Waals surface area contributed by atoms with E-state index in [1.54, 1.807) is 11.0 Å². The van der Waals surface area contributed by atoms with E-state index >= 15 is 0 Å². The van der Waals surface area contributed by atoms with Gasteiger partial charge in [0, 0.05) is 13.0 Å². The van der Waals surface area contributed by atoms with Crippen molar-refractivity contribution in [2.24, 2.45) is 0 Å². The van der Waals surface area contributed by atoms with Gasteiger partial charge in [-0.3, -0.25) is 4.79 Å². The highest BCUT2D eigenvalue weighted by Gasteiger charge is 2.46. The number of ketones is 1. The lowest BCUT2D eigenvalue weighted by molar-refractivity contribution is -0.116. The van der Waals surface area contributed by atoms with E-state index < -0.39 is 7.26 Å². The number of aromatic nitrogens is 4. The molecule has 0 unspecified atom stereocenters. The van der Waals surface area contributed by atoms with Gasteiger partial charge in [0.25, 0.3) is 0 Å². The van der Waals surface area contributed by atoms with Crippen molar-refractivity contribution >= 4 is 29.0 Å². The number of rotatable bonds is 9. The van der Waals surface area contributed by atoms with Gasteiger partial charge in [-0.15, -0.1) is 5.10 Å². The summed E-state index contributed by atoms with van der Waals surface area (Å²) in [5, 5.41) is 14.9. The lowest BCUT2D eigenvalue weighted by Crippen LogP contribution is -3.00. The molecule has 0 fully saturated rings. The molecule has 0 saturated carbocycles. The van der Waals surface area contributed by atoms with Crippen LogP contribution in [0.5, 0.6) is 0 Å². The van der Waals surface area contributed by atoms with Crippen molar-refractivity contribution in [1.82, 2.24) is 20.2 Å². The largest absolute Gasteiger partial charge is 1.00 e. The summed E-state index contributed by atoms with van der Waals surface area (Å²) >= 11 is 0. The molecule has 0 saturated heterocycles. The zero-order valence-electron chi connectivity index (χ0n) is 17.1. The number of benzene rings is 3. The maximum atomic E-state index is 13.3. The molecule has 0 spiro atoms. The SMILES string of the molecule is O=C(CCCn1cnnn1)C[P+](c1ccccc1)(c1ccccc1)c1ccccc1.[Br-]. The average Bonchev–Trinajstić information content (AvgIpc) is 3.33. The summed E-state index contributed by atoms with van der Waals surface area (Å²) in [4.78, 5) is 13.3. The highest BCUT2D eigenvalue weighted by atomic mass is 79.9. The van der Waals surface area contributed by atoms with Crippen molar-refractivity contribution < 1.29 is 21.8 Å². The molecule has 0 aliphatic carbocycles. The molecule has 4 rings (SSSR count). The van der Waals surface area contributed by atoms with Crippen molar-refractivity contribution in [2.45, 2.75) is 19.4 Å². The summed E-state index contributed by atoms with van der Waals surface area (Å²) in [6, 6.07) is 31.5. The van der Waals surface area contributed by atoms with Gasteiger partial charge in [0.15, 0.2) is 5.78 Å². The predicted molar refractivity (Wildman–Crippen MR) is 122 cm³/mol. The van der Waals surface area contributed by atoms with Crippen molar-refractivity contribution in [3.63, 3.8) is 0 Å². The molecule has 3 aromatic carbocycles. The van der Waals surface area contributed by atoms with Crippen LogP contribution in [0, 0.1) is 0 Å². The third-order valence-electron chi connectivity index (χ3n) is 5.24. The van der Waals surface area contributed by atoms with Crippen LogP contribution in [0.2, 0.25) is 0 Å². The molecule has 0 aliphatic rings. The summed E-state index contributed by atoms with van der Waals surface area (Å²) in [6.45, 7) is 0.645. The topological polar surface area (TPSA) is 60.7 Å². The second-order valence-electron chi connectivity index (χ2n) is 7.19. The molecule has 1 heterocycles. The minimum Gasteiger partial charge on any atom is -1.00 e. The van der Waals surface area contributed by atoms with Gasteiger partial charge in [0.1, 0.15) is 35.7 Å². The van der Waals surface area contributed by atoms with E-state index in [4.69, 9.17) is 0 Å². The van der Waals surface area contributed by atoms with Gasteiger partial charge < -0.3 is 17.0 Å². The number of carbonyl (C=O) groups excluding carboxylic acids is 1. The fourth-order valence-corrected chi connectivity index (χ4v) is 8.01. The fraction of sp³-hybridized carbons (Fsp3) is 0.167. The third-order valence-corrected chi connectivity index (χ3v) is 9.60. The molecule has 7 heteroatoms. The lowest BCUT2D eigenvalue weighted by Gasteiger charge is -2.27. The summed E-state index contributed by atoms with van der Waals surface area (Å²) in [5.74, 6) is 0.271. The van der Waals surface area contributed by atoms with E-state index in [0.717, 1.165) is 6.42 Å².